The van der Waals surface area contributed by atoms with E-state index in [9.17, 15) is 14.4 Å². The van der Waals surface area contributed by atoms with Gasteiger partial charge in [-0.15, -0.1) is 11.3 Å². The number of nitrogens with two attached hydrogens (primary N) is 1. The van der Waals surface area contributed by atoms with Crippen molar-refractivity contribution in [2.45, 2.75) is 13.8 Å². The highest BCUT2D eigenvalue weighted by molar-refractivity contribution is 7.18. The van der Waals surface area contributed by atoms with E-state index in [1.54, 1.807) is 26.0 Å². The highest BCUT2D eigenvalue weighted by Crippen LogP contribution is 2.34. The van der Waals surface area contributed by atoms with Crippen molar-refractivity contribution >= 4 is 34.1 Å². The van der Waals surface area contributed by atoms with Gasteiger partial charge in [-0.05, 0) is 37.6 Å². The number of primary amides is 1. The van der Waals surface area contributed by atoms with E-state index in [4.69, 9.17) is 19.9 Å². The third kappa shape index (κ3) is 4.20. The molecule has 0 aliphatic heterocycles. The molecule has 0 saturated heterocycles. The molecule has 0 aliphatic rings. The molecule has 3 N–H and O–H groups in total. The van der Waals surface area contributed by atoms with Crippen LogP contribution in [0.2, 0.25) is 0 Å². The van der Waals surface area contributed by atoms with Crippen molar-refractivity contribution in [3.05, 3.63) is 39.8 Å². The number of rotatable bonds is 7. The Morgan fingerprint density at radius 2 is 1.81 bits per heavy atom. The molecule has 144 valence electrons. The van der Waals surface area contributed by atoms with E-state index >= 15 is 0 Å². The Hall–Kier alpha value is -3.07. The normalized spacial score (nSPS) is 10.2. The van der Waals surface area contributed by atoms with Crippen molar-refractivity contribution in [2.75, 3.05) is 26.1 Å². The number of hydrogen-bond acceptors (Lipinski definition) is 7. The molecule has 0 atom stereocenters. The summed E-state index contributed by atoms with van der Waals surface area (Å²) < 4.78 is 15.3. The number of thiophene rings is 1. The molecule has 9 heteroatoms. The summed E-state index contributed by atoms with van der Waals surface area (Å²) in [5, 5.41) is 2.81. The summed E-state index contributed by atoms with van der Waals surface area (Å²) in [4.78, 5) is 36.7. The first-order valence-electron chi connectivity index (χ1n) is 7.97. The van der Waals surface area contributed by atoms with Crippen LogP contribution in [0.25, 0.3) is 0 Å². The predicted molar refractivity (Wildman–Crippen MR) is 101 cm³/mol. The van der Waals surface area contributed by atoms with E-state index < -0.39 is 17.8 Å². The van der Waals surface area contributed by atoms with Crippen LogP contribution in [-0.2, 0) is 4.74 Å². The minimum absolute atomic E-state index is 0.0804. The molecule has 2 amide bonds. The predicted octanol–water partition coefficient (Wildman–Crippen LogP) is 2.60. The van der Waals surface area contributed by atoms with Crippen LogP contribution in [0.4, 0.5) is 5.00 Å². The Kier molecular flexibility index (Phi) is 6.40. The topological polar surface area (TPSA) is 117 Å². The second-order valence-electron chi connectivity index (χ2n) is 5.37. The van der Waals surface area contributed by atoms with E-state index in [0.29, 0.717) is 17.1 Å². The Balaban J connectivity index is 2.38. The van der Waals surface area contributed by atoms with Crippen molar-refractivity contribution in [2.24, 2.45) is 5.73 Å². The summed E-state index contributed by atoms with van der Waals surface area (Å²) in [5.74, 6) is -0.954. The molecular formula is C18H20N2O6S. The summed E-state index contributed by atoms with van der Waals surface area (Å²) in [7, 11) is 2.95. The fourth-order valence-corrected chi connectivity index (χ4v) is 3.54. The van der Waals surface area contributed by atoms with Crippen LogP contribution in [0.5, 0.6) is 11.5 Å². The van der Waals surface area contributed by atoms with Crippen molar-refractivity contribution < 1.29 is 28.6 Å². The van der Waals surface area contributed by atoms with Gasteiger partial charge in [0.2, 0.25) is 0 Å². The highest BCUT2D eigenvalue weighted by atomic mass is 32.1. The lowest BCUT2D eigenvalue weighted by molar-refractivity contribution is 0.0531. The molecule has 0 bridgehead atoms. The number of hydrogen-bond donors (Lipinski definition) is 2. The number of methoxy groups -OCH3 is 2. The highest BCUT2D eigenvalue weighted by Gasteiger charge is 2.25. The SMILES string of the molecule is CCOC(=O)c1sc(NC(=O)c2ccc(OC)c(OC)c2)c(C(N)=O)c1C. The molecule has 1 aromatic heterocycles. The minimum atomic E-state index is -0.748. The average molecular weight is 392 g/mol. The molecule has 1 heterocycles. The van der Waals surface area contributed by atoms with Crippen LogP contribution in [0, 0.1) is 6.92 Å². The summed E-state index contributed by atoms with van der Waals surface area (Å²) >= 11 is 0.940. The number of benzene rings is 1. The van der Waals surface area contributed by atoms with E-state index in [1.165, 1.54) is 20.3 Å². The van der Waals surface area contributed by atoms with Crippen LogP contribution in [0.1, 0.15) is 42.9 Å². The zero-order valence-electron chi connectivity index (χ0n) is 15.4. The van der Waals surface area contributed by atoms with Gasteiger partial charge < -0.3 is 25.3 Å². The van der Waals surface area contributed by atoms with Gasteiger partial charge in [0.05, 0.1) is 26.4 Å². The summed E-state index contributed by atoms with van der Waals surface area (Å²) in [6.45, 7) is 3.44. The van der Waals surface area contributed by atoms with Gasteiger partial charge >= 0.3 is 5.97 Å². The number of esters is 1. The van der Waals surface area contributed by atoms with E-state index in [0.717, 1.165) is 11.3 Å². The Labute approximate surface area is 160 Å². The fourth-order valence-electron chi connectivity index (χ4n) is 2.44. The van der Waals surface area contributed by atoms with Crippen molar-refractivity contribution in [1.29, 1.82) is 0 Å². The number of amides is 2. The molecule has 1 aromatic carbocycles. The number of carbonyl (C=O) groups is 3. The zero-order chi connectivity index (χ0) is 20.1. The largest absolute Gasteiger partial charge is 0.493 e. The Morgan fingerprint density at radius 3 is 2.37 bits per heavy atom. The lowest BCUT2D eigenvalue weighted by Gasteiger charge is -2.10. The van der Waals surface area contributed by atoms with Crippen LogP contribution >= 0.6 is 11.3 Å². The van der Waals surface area contributed by atoms with Gasteiger partial charge in [-0.1, -0.05) is 0 Å². The molecule has 27 heavy (non-hydrogen) atoms. The molecule has 0 aliphatic carbocycles. The Bertz CT molecular complexity index is 890. The lowest BCUT2D eigenvalue weighted by atomic mass is 10.1. The standard InChI is InChI=1S/C18H20N2O6S/c1-5-26-18(23)14-9(2)13(15(19)21)17(27-14)20-16(22)10-6-7-11(24-3)12(8-10)25-4/h6-8H,5H2,1-4H3,(H2,19,21)(H,20,22). The van der Waals surface area contributed by atoms with Crippen molar-refractivity contribution in [3.8, 4) is 11.5 Å². The number of nitrogens with one attached hydrogen (secondary N) is 1. The van der Waals surface area contributed by atoms with Crippen LogP contribution in [0.15, 0.2) is 18.2 Å². The van der Waals surface area contributed by atoms with Gasteiger partial charge in [0, 0.05) is 5.56 Å². The third-order valence-corrected chi connectivity index (χ3v) is 4.91. The zero-order valence-corrected chi connectivity index (χ0v) is 16.2. The second-order valence-corrected chi connectivity index (χ2v) is 6.39. The smallest absolute Gasteiger partial charge is 0.348 e. The quantitative estimate of drug-likeness (QED) is 0.700. The van der Waals surface area contributed by atoms with Crippen LogP contribution in [-0.4, -0.2) is 38.6 Å². The van der Waals surface area contributed by atoms with Gasteiger partial charge in [0.1, 0.15) is 9.88 Å². The van der Waals surface area contributed by atoms with E-state index in [-0.39, 0.29) is 27.6 Å². The summed E-state index contributed by atoms with van der Waals surface area (Å²) in [6.07, 6.45) is 0. The Morgan fingerprint density at radius 1 is 1.15 bits per heavy atom. The summed E-state index contributed by atoms with van der Waals surface area (Å²) in [5.41, 5.74) is 6.16. The van der Waals surface area contributed by atoms with Crippen molar-refractivity contribution in [3.63, 3.8) is 0 Å². The lowest BCUT2D eigenvalue weighted by Crippen LogP contribution is -2.17. The second kappa shape index (κ2) is 8.54. The molecule has 0 unspecified atom stereocenters. The first kappa shape index (κ1) is 20.2. The van der Waals surface area contributed by atoms with Gasteiger partial charge in [0.25, 0.3) is 11.8 Å². The van der Waals surface area contributed by atoms with Crippen LogP contribution in [0.3, 0.4) is 0 Å². The maximum absolute atomic E-state index is 12.6. The summed E-state index contributed by atoms with van der Waals surface area (Å²) in [6, 6.07) is 4.64. The fraction of sp³-hybridized carbons (Fsp3) is 0.278. The van der Waals surface area contributed by atoms with Gasteiger partial charge in [-0.25, -0.2) is 4.79 Å². The van der Waals surface area contributed by atoms with Gasteiger partial charge in [-0.3, -0.25) is 9.59 Å². The molecule has 2 aromatic rings. The van der Waals surface area contributed by atoms with Crippen molar-refractivity contribution in [1.82, 2.24) is 0 Å². The minimum Gasteiger partial charge on any atom is -0.493 e. The molecule has 0 radical (unpaired) electrons. The van der Waals surface area contributed by atoms with E-state index in [2.05, 4.69) is 5.32 Å². The molecule has 0 fully saturated rings. The maximum Gasteiger partial charge on any atom is 0.348 e. The molecule has 0 saturated carbocycles. The van der Waals surface area contributed by atoms with Gasteiger partial charge in [-0.2, -0.15) is 0 Å². The maximum atomic E-state index is 12.6. The number of carbonyl (C=O) groups excluding carboxylic acids is 3. The average Bonchev–Trinajstić information content (AvgIpc) is 2.97. The monoisotopic (exact) mass is 392 g/mol. The molecule has 2 rings (SSSR count). The first-order valence-corrected chi connectivity index (χ1v) is 8.79. The third-order valence-electron chi connectivity index (χ3n) is 3.73. The molecule has 0 spiro atoms. The molecule has 8 nitrogen and oxygen atoms in total. The number of anilines is 1. The number of ether oxygens (including phenoxy) is 3. The molecular weight excluding hydrogens is 372 g/mol. The van der Waals surface area contributed by atoms with E-state index in [1.807, 2.05) is 0 Å². The van der Waals surface area contributed by atoms with Crippen LogP contribution < -0.4 is 20.5 Å². The first-order chi connectivity index (χ1) is 12.8. The van der Waals surface area contributed by atoms with Gasteiger partial charge in [0.15, 0.2) is 11.5 Å².